The second kappa shape index (κ2) is 9.88. The summed E-state index contributed by atoms with van der Waals surface area (Å²) in [6.45, 7) is 5.34. The van der Waals surface area contributed by atoms with Gasteiger partial charge in [-0.2, -0.15) is 0 Å². The fourth-order valence-electron chi connectivity index (χ4n) is 2.44. The van der Waals surface area contributed by atoms with Crippen LogP contribution in [0.3, 0.4) is 0 Å². The Morgan fingerprint density at radius 2 is 2.17 bits per heavy atom. The highest BCUT2D eigenvalue weighted by Crippen LogP contribution is 2.17. The summed E-state index contributed by atoms with van der Waals surface area (Å²) < 4.78 is 10.9. The third kappa shape index (κ3) is 6.11. The lowest BCUT2D eigenvalue weighted by Crippen LogP contribution is -2.49. The molecule has 2 unspecified atom stereocenters. The summed E-state index contributed by atoms with van der Waals surface area (Å²) in [6, 6.07) is 9.41. The van der Waals surface area contributed by atoms with Crippen LogP contribution in [0.4, 0.5) is 0 Å². The maximum absolute atomic E-state index is 12.2. The van der Waals surface area contributed by atoms with Crippen molar-refractivity contribution < 1.29 is 14.3 Å². The van der Waals surface area contributed by atoms with Gasteiger partial charge in [0, 0.05) is 25.7 Å². The van der Waals surface area contributed by atoms with E-state index in [1.807, 2.05) is 30.3 Å². The molecule has 2 atom stereocenters. The predicted octanol–water partition coefficient (Wildman–Crippen LogP) is 1.84. The van der Waals surface area contributed by atoms with E-state index >= 15 is 0 Å². The van der Waals surface area contributed by atoms with Crippen LogP contribution in [0, 0.1) is 5.92 Å². The Kier molecular flexibility index (Phi) is 8.55. The van der Waals surface area contributed by atoms with Crippen LogP contribution < -0.4 is 11.1 Å². The van der Waals surface area contributed by atoms with Gasteiger partial charge in [0.15, 0.2) is 0 Å². The molecule has 1 saturated heterocycles. The molecular formula is C17H27ClN2O3. The normalized spacial score (nSPS) is 19.7. The highest BCUT2D eigenvalue weighted by molar-refractivity contribution is 5.86. The van der Waals surface area contributed by atoms with Gasteiger partial charge in [-0.3, -0.25) is 4.79 Å². The van der Waals surface area contributed by atoms with Gasteiger partial charge in [0.2, 0.25) is 5.91 Å². The Balaban J connectivity index is 0.00000264. The number of nitrogens with two attached hydrogens (primary N) is 1. The van der Waals surface area contributed by atoms with Crippen molar-refractivity contribution in [1.29, 1.82) is 0 Å². The lowest BCUT2D eigenvalue weighted by atomic mass is 9.92. The molecule has 0 spiro atoms. The first-order valence-corrected chi connectivity index (χ1v) is 7.89. The number of ether oxygens (including phenoxy) is 2. The monoisotopic (exact) mass is 342 g/mol. The average molecular weight is 343 g/mol. The van der Waals surface area contributed by atoms with Crippen LogP contribution in [-0.2, 0) is 19.8 Å². The summed E-state index contributed by atoms with van der Waals surface area (Å²) in [7, 11) is 0. The first kappa shape index (κ1) is 19.9. The van der Waals surface area contributed by atoms with Crippen molar-refractivity contribution in [2.45, 2.75) is 25.3 Å². The molecule has 2 rings (SSSR count). The lowest BCUT2D eigenvalue weighted by molar-refractivity contribution is -0.126. The number of amides is 1. The number of hydrogen-bond acceptors (Lipinski definition) is 4. The maximum atomic E-state index is 12.2. The van der Waals surface area contributed by atoms with Crippen molar-refractivity contribution in [3.63, 3.8) is 0 Å². The molecule has 1 amide bonds. The van der Waals surface area contributed by atoms with Crippen LogP contribution >= 0.6 is 12.4 Å². The van der Waals surface area contributed by atoms with E-state index in [0.29, 0.717) is 19.1 Å². The van der Waals surface area contributed by atoms with E-state index in [1.165, 1.54) is 0 Å². The van der Waals surface area contributed by atoms with E-state index in [9.17, 15) is 4.79 Å². The second-order valence-electron chi connectivity index (χ2n) is 5.98. The topological polar surface area (TPSA) is 73.6 Å². The van der Waals surface area contributed by atoms with Gasteiger partial charge in [-0.15, -0.1) is 12.4 Å². The summed E-state index contributed by atoms with van der Waals surface area (Å²) in [5.74, 6) is 0.364. The van der Waals surface area contributed by atoms with Crippen molar-refractivity contribution in [2.75, 3.05) is 33.0 Å². The molecular weight excluding hydrogens is 316 g/mol. The summed E-state index contributed by atoms with van der Waals surface area (Å²) in [5, 5.41) is 2.88. The first-order valence-electron chi connectivity index (χ1n) is 7.89. The second-order valence-corrected chi connectivity index (χ2v) is 5.98. The first-order chi connectivity index (χ1) is 10.6. The van der Waals surface area contributed by atoms with Crippen molar-refractivity contribution in [1.82, 2.24) is 5.32 Å². The van der Waals surface area contributed by atoms with Crippen LogP contribution in [-0.4, -0.2) is 38.9 Å². The highest BCUT2D eigenvalue weighted by Gasteiger charge is 2.29. The molecule has 0 aromatic heterocycles. The van der Waals surface area contributed by atoms with Gasteiger partial charge in [-0.25, -0.2) is 0 Å². The lowest BCUT2D eigenvalue weighted by Gasteiger charge is -2.24. The summed E-state index contributed by atoms with van der Waals surface area (Å²) in [4.78, 5) is 12.2. The molecule has 1 aliphatic heterocycles. The fraction of sp³-hybridized carbons (Fsp3) is 0.588. The van der Waals surface area contributed by atoms with E-state index in [1.54, 1.807) is 6.92 Å². The number of halogens is 1. The van der Waals surface area contributed by atoms with Crippen LogP contribution in [0.15, 0.2) is 30.3 Å². The standard InChI is InChI=1S/C17H26N2O3.ClH/c1-17(18,15-6-3-2-4-7-15)16(20)19-9-5-10-21-12-14-8-11-22-13-14;/h2-4,6-7,14H,5,8-13,18H2,1H3,(H,19,20);1H. The number of nitrogens with one attached hydrogen (secondary N) is 1. The van der Waals surface area contributed by atoms with E-state index in [4.69, 9.17) is 15.2 Å². The Bertz CT molecular complexity index is 462. The molecule has 1 aromatic carbocycles. The Labute approximate surface area is 144 Å². The van der Waals surface area contributed by atoms with E-state index in [0.717, 1.165) is 38.2 Å². The fourth-order valence-corrected chi connectivity index (χ4v) is 2.44. The minimum absolute atomic E-state index is 0. The smallest absolute Gasteiger partial charge is 0.244 e. The molecule has 5 nitrogen and oxygen atoms in total. The third-order valence-corrected chi connectivity index (χ3v) is 3.97. The van der Waals surface area contributed by atoms with Gasteiger partial charge in [-0.05, 0) is 25.3 Å². The van der Waals surface area contributed by atoms with Crippen molar-refractivity contribution in [3.8, 4) is 0 Å². The van der Waals surface area contributed by atoms with Crippen molar-refractivity contribution in [3.05, 3.63) is 35.9 Å². The number of carbonyl (C=O) groups excluding carboxylic acids is 1. The molecule has 1 heterocycles. The van der Waals surface area contributed by atoms with Gasteiger partial charge in [0.25, 0.3) is 0 Å². The van der Waals surface area contributed by atoms with Gasteiger partial charge >= 0.3 is 0 Å². The molecule has 3 N–H and O–H groups in total. The third-order valence-electron chi connectivity index (χ3n) is 3.97. The molecule has 0 aliphatic carbocycles. The number of hydrogen-bond donors (Lipinski definition) is 2. The zero-order chi connectivity index (χ0) is 15.8. The van der Waals surface area contributed by atoms with Crippen molar-refractivity contribution >= 4 is 18.3 Å². The number of rotatable bonds is 8. The van der Waals surface area contributed by atoms with Gasteiger partial charge < -0.3 is 20.5 Å². The molecule has 130 valence electrons. The van der Waals surface area contributed by atoms with Gasteiger partial charge in [0.05, 0.1) is 13.2 Å². The van der Waals surface area contributed by atoms with Crippen LogP contribution in [0.2, 0.25) is 0 Å². The molecule has 0 radical (unpaired) electrons. The molecule has 0 saturated carbocycles. The molecule has 1 fully saturated rings. The summed E-state index contributed by atoms with van der Waals surface area (Å²) in [6.07, 6.45) is 1.86. The van der Waals surface area contributed by atoms with Crippen molar-refractivity contribution in [2.24, 2.45) is 11.7 Å². The Morgan fingerprint density at radius 1 is 1.43 bits per heavy atom. The average Bonchev–Trinajstić information content (AvgIpc) is 3.04. The molecule has 1 aliphatic rings. The van der Waals surface area contributed by atoms with Crippen LogP contribution in [0.25, 0.3) is 0 Å². The maximum Gasteiger partial charge on any atom is 0.244 e. The largest absolute Gasteiger partial charge is 0.381 e. The van der Waals surface area contributed by atoms with Crippen LogP contribution in [0.1, 0.15) is 25.3 Å². The molecule has 1 aromatic rings. The quantitative estimate of drug-likeness (QED) is 0.707. The Morgan fingerprint density at radius 3 is 2.83 bits per heavy atom. The van der Waals surface area contributed by atoms with E-state index < -0.39 is 5.54 Å². The SMILES string of the molecule is CC(N)(C(=O)NCCCOCC1CCOC1)c1ccccc1.Cl. The van der Waals surface area contributed by atoms with Crippen LogP contribution in [0.5, 0.6) is 0 Å². The van der Waals surface area contributed by atoms with Gasteiger partial charge in [0.1, 0.15) is 5.54 Å². The zero-order valence-corrected chi connectivity index (χ0v) is 14.4. The zero-order valence-electron chi connectivity index (χ0n) is 13.6. The molecule has 0 bridgehead atoms. The highest BCUT2D eigenvalue weighted by atomic mass is 35.5. The van der Waals surface area contributed by atoms with E-state index in [-0.39, 0.29) is 18.3 Å². The number of benzene rings is 1. The minimum atomic E-state index is -1.01. The number of carbonyl (C=O) groups is 1. The summed E-state index contributed by atoms with van der Waals surface area (Å²) in [5.41, 5.74) is 5.95. The minimum Gasteiger partial charge on any atom is -0.381 e. The summed E-state index contributed by atoms with van der Waals surface area (Å²) >= 11 is 0. The van der Waals surface area contributed by atoms with Gasteiger partial charge in [-0.1, -0.05) is 30.3 Å². The molecule has 23 heavy (non-hydrogen) atoms. The predicted molar refractivity (Wildman–Crippen MR) is 92.6 cm³/mol. The molecule has 6 heteroatoms. The van der Waals surface area contributed by atoms with E-state index in [2.05, 4.69) is 5.32 Å². The Hall–Kier alpha value is -1.14.